The van der Waals surface area contributed by atoms with Crippen molar-refractivity contribution in [2.75, 3.05) is 33.9 Å². The summed E-state index contributed by atoms with van der Waals surface area (Å²) in [6, 6.07) is 0. The summed E-state index contributed by atoms with van der Waals surface area (Å²) >= 11 is 0. The van der Waals surface area contributed by atoms with Crippen LogP contribution in [0.3, 0.4) is 0 Å². The maximum Gasteiger partial charge on any atom is 0.409 e. The molecule has 90 valence electrons. The molecule has 0 fully saturated rings. The van der Waals surface area contributed by atoms with Gasteiger partial charge in [-0.25, -0.2) is 4.79 Å². The Morgan fingerprint density at radius 1 is 1.40 bits per heavy atom. The smallest absolute Gasteiger partial charge is 0.409 e. The van der Waals surface area contributed by atoms with Gasteiger partial charge in [0.05, 0.1) is 25.9 Å². The van der Waals surface area contributed by atoms with Gasteiger partial charge in [0.2, 0.25) is 0 Å². The van der Waals surface area contributed by atoms with E-state index in [1.165, 1.54) is 12.0 Å². The lowest BCUT2D eigenvalue weighted by molar-refractivity contribution is 0.0355. The van der Waals surface area contributed by atoms with E-state index in [2.05, 4.69) is 0 Å². The number of hydrogen-bond acceptors (Lipinski definition) is 4. The molecule has 0 rings (SSSR count). The van der Waals surface area contributed by atoms with Crippen LogP contribution in [0.1, 0.15) is 13.8 Å². The minimum Gasteiger partial charge on any atom is -0.449 e. The summed E-state index contributed by atoms with van der Waals surface area (Å²) in [6.45, 7) is 4.75. The van der Waals surface area contributed by atoms with Gasteiger partial charge in [0.1, 0.15) is 0 Å². The van der Waals surface area contributed by atoms with Gasteiger partial charge in [-0.05, 0) is 5.92 Å². The van der Waals surface area contributed by atoms with Crippen LogP contribution in [0.15, 0.2) is 0 Å². The normalized spacial score (nSPS) is 12.7. The summed E-state index contributed by atoms with van der Waals surface area (Å²) in [6.07, 6.45) is -1.09. The molecule has 0 saturated heterocycles. The minimum atomic E-state index is -0.674. The van der Waals surface area contributed by atoms with E-state index in [-0.39, 0.29) is 13.2 Å². The second kappa shape index (κ2) is 7.48. The molecule has 0 heterocycles. The van der Waals surface area contributed by atoms with Crippen molar-refractivity contribution in [1.82, 2.24) is 4.90 Å². The van der Waals surface area contributed by atoms with Gasteiger partial charge < -0.3 is 19.5 Å². The highest BCUT2D eigenvalue weighted by Crippen LogP contribution is 1.98. The largest absolute Gasteiger partial charge is 0.449 e. The fourth-order valence-corrected chi connectivity index (χ4v) is 0.984. The molecular weight excluding hydrogens is 198 g/mol. The summed E-state index contributed by atoms with van der Waals surface area (Å²) in [5.41, 5.74) is 0. The van der Waals surface area contributed by atoms with E-state index in [1.807, 2.05) is 13.8 Å². The van der Waals surface area contributed by atoms with Crippen LogP contribution < -0.4 is 0 Å². The molecule has 0 bridgehead atoms. The molecule has 1 atom stereocenters. The summed E-state index contributed by atoms with van der Waals surface area (Å²) in [4.78, 5) is 12.7. The topological polar surface area (TPSA) is 59.0 Å². The van der Waals surface area contributed by atoms with Gasteiger partial charge in [0.15, 0.2) is 0 Å². The van der Waals surface area contributed by atoms with Gasteiger partial charge in [-0.1, -0.05) is 13.8 Å². The summed E-state index contributed by atoms with van der Waals surface area (Å²) in [5, 5.41) is 9.37. The quantitative estimate of drug-likeness (QED) is 0.715. The number of likely N-dealkylation sites (N-methyl/N-ethyl adjacent to an activating group) is 1. The molecular formula is C10H21NO4. The fourth-order valence-electron chi connectivity index (χ4n) is 0.984. The number of aliphatic hydroxyl groups excluding tert-OH is 1. The molecule has 15 heavy (non-hydrogen) atoms. The van der Waals surface area contributed by atoms with Crippen LogP contribution >= 0.6 is 0 Å². The van der Waals surface area contributed by atoms with Crippen molar-refractivity contribution in [3.63, 3.8) is 0 Å². The highest BCUT2D eigenvalue weighted by atomic mass is 16.6. The van der Waals surface area contributed by atoms with Crippen LogP contribution in [-0.4, -0.2) is 56.1 Å². The van der Waals surface area contributed by atoms with Crippen molar-refractivity contribution in [2.24, 2.45) is 5.92 Å². The minimum absolute atomic E-state index is 0.210. The van der Waals surface area contributed by atoms with E-state index in [9.17, 15) is 9.90 Å². The molecule has 1 amide bonds. The van der Waals surface area contributed by atoms with Crippen LogP contribution in [0.2, 0.25) is 0 Å². The molecule has 0 saturated carbocycles. The second-order valence-electron chi connectivity index (χ2n) is 3.96. The number of methoxy groups -OCH3 is 1. The van der Waals surface area contributed by atoms with Gasteiger partial charge in [-0.2, -0.15) is 0 Å². The Labute approximate surface area is 91.0 Å². The van der Waals surface area contributed by atoms with Crippen molar-refractivity contribution >= 4 is 6.09 Å². The number of nitrogens with zero attached hydrogens (tertiary/aromatic N) is 1. The van der Waals surface area contributed by atoms with Crippen molar-refractivity contribution in [2.45, 2.75) is 20.0 Å². The van der Waals surface area contributed by atoms with Gasteiger partial charge in [0, 0.05) is 14.2 Å². The summed E-state index contributed by atoms with van der Waals surface area (Å²) < 4.78 is 9.73. The predicted molar refractivity (Wildman–Crippen MR) is 56.7 cm³/mol. The Morgan fingerprint density at radius 2 is 2.00 bits per heavy atom. The monoisotopic (exact) mass is 219 g/mol. The Balaban J connectivity index is 3.78. The molecule has 0 aromatic rings. The predicted octanol–water partition coefficient (Wildman–Crippen LogP) is 0.718. The lowest BCUT2D eigenvalue weighted by Gasteiger charge is -2.20. The maximum absolute atomic E-state index is 11.3. The number of carbonyl (C=O) groups excluding carboxylic acids is 1. The third kappa shape index (κ3) is 7.16. The molecule has 0 aliphatic carbocycles. The van der Waals surface area contributed by atoms with Crippen LogP contribution in [-0.2, 0) is 9.47 Å². The highest BCUT2D eigenvalue weighted by Gasteiger charge is 2.14. The van der Waals surface area contributed by atoms with E-state index < -0.39 is 12.2 Å². The third-order valence-corrected chi connectivity index (χ3v) is 1.70. The molecule has 0 aromatic carbocycles. The van der Waals surface area contributed by atoms with E-state index >= 15 is 0 Å². The molecule has 0 aliphatic heterocycles. The number of carbonyl (C=O) groups is 1. The Kier molecular flexibility index (Phi) is 7.07. The van der Waals surface area contributed by atoms with Crippen molar-refractivity contribution in [3.8, 4) is 0 Å². The van der Waals surface area contributed by atoms with Crippen molar-refractivity contribution < 1.29 is 19.4 Å². The first-order valence-electron chi connectivity index (χ1n) is 5.02. The Hall–Kier alpha value is -0.810. The first-order chi connectivity index (χ1) is 6.97. The fraction of sp³-hybridized carbons (Fsp3) is 0.900. The molecule has 5 nitrogen and oxygen atoms in total. The summed E-state index contributed by atoms with van der Waals surface area (Å²) in [5.74, 6) is 0.311. The number of aliphatic hydroxyl groups is 1. The molecule has 1 unspecified atom stereocenters. The van der Waals surface area contributed by atoms with Crippen LogP contribution in [0, 0.1) is 5.92 Å². The number of amides is 1. The number of rotatable bonds is 6. The lowest BCUT2D eigenvalue weighted by Crippen LogP contribution is -2.37. The van der Waals surface area contributed by atoms with Crippen molar-refractivity contribution in [3.05, 3.63) is 0 Å². The number of hydrogen-bond donors (Lipinski definition) is 1. The van der Waals surface area contributed by atoms with E-state index in [4.69, 9.17) is 9.47 Å². The molecule has 0 aliphatic rings. The van der Waals surface area contributed by atoms with Crippen LogP contribution in [0.25, 0.3) is 0 Å². The van der Waals surface area contributed by atoms with Crippen LogP contribution in [0.4, 0.5) is 4.79 Å². The van der Waals surface area contributed by atoms with E-state index in [0.717, 1.165) is 0 Å². The average molecular weight is 219 g/mol. The lowest BCUT2D eigenvalue weighted by atomic mass is 10.2. The Morgan fingerprint density at radius 3 is 2.47 bits per heavy atom. The molecule has 0 aromatic heterocycles. The van der Waals surface area contributed by atoms with E-state index in [1.54, 1.807) is 7.05 Å². The average Bonchev–Trinajstić information content (AvgIpc) is 2.14. The maximum atomic E-state index is 11.3. The third-order valence-electron chi connectivity index (χ3n) is 1.70. The zero-order valence-electron chi connectivity index (χ0n) is 9.90. The van der Waals surface area contributed by atoms with Gasteiger partial charge in [0.25, 0.3) is 0 Å². The molecule has 0 spiro atoms. The van der Waals surface area contributed by atoms with Gasteiger partial charge in [-0.3, -0.25) is 0 Å². The highest BCUT2D eigenvalue weighted by molar-refractivity contribution is 5.67. The summed E-state index contributed by atoms with van der Waals surface area (Å²) in [7, 11) is 3.09. The van der Waals surface area contributed by atoms with Crippen molar-refractivity contribution in [1.29, 1.82) is 0 Å². The standard InChI is InChI=1S/C10H21NO4/c1-8(2)6-15-10(13)11(3)5-9(12)7-14-4/h8-9,12H,5-7H2,1-4H3. The zero-order chi connectivity index (χ0) is 11.8. The molecule has 0 radical (unpaired) electrons. The van der Waals surface area contributed by atoms with E-state index in [0.29, 0.717) is 12.5 Å². The first kappa shape index (κ1) is 14.2. The SMILES string of the molecule is COCC(O)CN(C)C(=O)OCC(C)C. The second-order valence-corrected chi connectivity index (χ2v) is 3.96. The molecule has 1 N–H and O–H groups in total. The van der Waals surface area contributed by atoms with Gasteiger partial charge >= 0.3 is 6.09 Å². The molecule has 5 heteroatoms. The Bertz CT molecular complexity index is 184. The van der Waals surface area contributed by atoms with Gasteiger partial charge in [-0.15, -0.1) is 0 Å². The first-order valence-corrected chi connectivity index (χ1v) is 5.02. The zero-order valence-corrected chi connectivity index (χ0v) is 9.90. The number of ether oxygens (including phenoxy) is 2. The van der Waals surface area contributed by atoms with Crippen LogP contribution in [0.5, 0.6) is 0 Å².